The third-order valence-corrected chi connectivity index (χ3v) is 3.53. The van der Waals surface area contributed by atoms with Crippen molar-refractivity contribution in [2.24, 2.45) is 5.10 Å². The lowest BCUT2D eigenvalue weighted by molar-refractivity contribution is -0.716. The summed E-state index contributed by atoms with van der Waals surface area (Å²) in [7, 11) is -0.965. The Morgan fingerprint density at radius 2 is 1.82 bits per heavy atom. The molecular weight excluding hydrogens is 223 g/mol. The third-order valence-electron chi connectivity index (χ3n) is 3.53. The monoisotopic (exact) mass is 239 g/mol. The van der Waals surface area contributed by atoms with Crippen LogP contribution >= 0.6 is 0 Å². The van der Waals surface area contributed by atoms with Crippen molar-refractivity contribution in [2.75, 3.05) is 0 Å². The van der Waals surface area contributed by atoms with Crippen LogP contribution in [-0.2, 0) is 9.31 Å². The summed E-state index contributed by atoms with van der Waals surface area (Å²) >= 11 is 0. The maximum absolute atomic E-state index is 11.4. The van der Waals surface area contributed by atoms with Gasteiger partial charge in [-0.15, -0.1) is 0 Å². The van der Waals surface area contributed by atoms with Crippen LogP contribution in [0.4, 0.5) is 4.79 Å². The molecule has 1 fully saturated rings. The number of amides is 1. The summed E-state index contributed by atoms with van der Waals surface area (Å²) in [6.07, 6.45) is 3.30. The number of carboxylic acid groups (broad SMARTS) is 1. The van der Waals surface area contributed by atoms with E-state index in [1.807, 2.05) is 27.7 Å². The molecule has 2 aliphatic rings. The Kier molecular flexibility index (Phi) is 2.46. The van der Waals surface area contributed by atoms with Gasteiger partial charge in [-0.3, -0.25) is 0 Å². The molecule has 2 rings (SSSR count). The molecule has 0 aromatic rings. The maximum Gasteiger partial charge on any atom is 0.804 e. The van der Waals surface area contributed by atoms with E-state index in [2.05, 4.69) is 5.10 Å². The second-order valence-corrected chi connectivity index (χ2v) is 5.19. The molecule has 0 aromatic heterocycles. The van der Waals surface area contributed by atoms with E-state index < -0.39 is 29.1 Å². The molecule has 17 heavy (non-hydrogen) atoms. The number of quaternary nitrogens is 1. The van der Waals surface area contributed by atoms with Crippen LogP contribution < -0.4 is 0 Å². The van der Waals surface area contributed by atoms with E-state index >= 15 is 0 Å². The molecule has 2 heterocycles. The number of carbonyl (C=O) groups is 1. The van der Waals surface area contributed by atoms with Crippen molar-refractivity contribution in [2.45, 2.75) is 38.9 Å². The normalized spacial score (nSPS) is 33.3. The van der Waals surface area contributed by atoms with Crippen molar-refractivity contribution >= 4 is 19.6 Å². The molecule has 7 heteroatoms. The number of rotatable bonds is 1. The molecule has 1 N–H and O–H groups in total. The van der Waals surface area contributed by atoms with Gasteiger partial charge in [0.1, 0.15) is 6.20 Å². The lowest BCUT2D eigenvalue weighted by Gasteiger charge is -2.31. The highest BCUT2D eigenvalue weighted by atomic mass is 16.7. The molecule has 1 amide bonds. The Morgan fingerprint density at radius 3 is 2.18 bits per heavy atom. The molecule has 92 valence electrons. The maximum atomic E-state index is 11.4. The van der Waals surface area contributed by atoms with Crippen LogP contribution in [0.25, 0.3) is 0 Å². The fourth-order valence-electron chi connectivity index (χ4n) is 1.66. The lowest BCUT2D eigenvalue weighted by Crippen LogP contribution is -2.55. The molecule has 2 aliphatic heterocycles. The van der Waals surface area contributed by atoms with E-state index in [1.54, 1.807) is 6.08 Å². The fourth-order valence-corrected chi connectivity index (χ4v) is 1.66. The molecule has 6 nitrogen and oxygen atoms in total. The van der Waals surface area contributed by atoms with Gasteiger partial charge in [-0.2, -0.15) is 4.79 Å². The minimum Gasteiger partial charge on any atom is -0.435 e. The zero-order valence-electron chi connectivity index (χ0n) is 10.4. The zero-order chi connectivity index (χ0) is 12.9. The number of nitrogens with zero attached hydrogens (tertiary/aromatic N) is 2. The van der Waals surface area contributed by atoms with Gasteiger partial charge in [0.15, 0.2) is 0 Å². The second kappa shape index (κ2) is 3.41. The molecule has 1 unspecified atom stereocenters. The highest BCUT2D eigenvalue weighted by Gasteiger charge is 2.68. The van der Waals surface area contributed by atoms with E-state index in [1.165, 1.54) is 12.4 Å². The molecule has 0 spiro atoms. The Morgan fingerprint density at radius 1 is 1.29 bits per heavy atom. The third kappa shape index (κ3) is 1.62. The van der Waals surface area contributed by atoms with Gasteiger partial charge in [-0.05, 0) is 27.7 Å². The van der Waals surface area contributed by atoms with Gasteiger partial charge in [0.2, 0.25) is 0 Å². The molecule has 0 saturated carbocycles. The average molecular weight is 239 g/mol. The van der Waals surface area contributed by atoms with Crippen molar-refractivity contribution in [1.29, 1.82) is 0 Å². The Bertz CT molecular complexity index is 389. The molecule has 0 aromatic carbocycles. The molecule has 1 atom stereocenters. The van der Waals surface area contributed by atoms with Crippen molar-refractivity contribution in [3.8, 4) is 0 Å². The van der Waals surface area contributed by atoms with E-state index in [4.69, 9.17) is 9.31 Å². The Labute approximate surface area is 100 Å². The summed E-state index contributed by atoms with van der Waals surface area (Å²) in [4.78, 5) is 11.4. The van der Waals surface area contributed by atoms with Crippen molar-refractivity contribution in [1.82, 2.24) is 0 Å². The fraction of sp³-hybridized carbons (Fsp3) is 0.600. The molecular formula is C10H16BN2O4+. The first-order chi connectivity index (χ1) is 7.71. The van der Waals surface area contributed by atoms with Crippen molar-refractivity contribution < 1.29 is 23.7 Å². The quantitative estimate of drug-likeness (QED) is 0.705. The Hall–Kier alpha value is -1.18. The standard InChI is InChI=1S/C10H15BN2O4/c1-9(2)10(3,4)17-11(16-9)13(8(14)15)7-5-6-12-13/h5-7H,1-4H3/p+1. The number of hydrogen-bond donors (Lipinski definition) is 1. The van der Waals surface area contributed by atoms with E-state index in [0.717, 1.165) is 0 Å². The topological polar surface area (TPSA) is 68.1 Å². The first-order valence-corrected chi connectivity index (χ1v) is 5.42. The van der Waals surface area contributed by atoms with E-state index in [9.17, 15) is 9.90 Å². The first-order valence-electron chi connectivity index (χ1n) is 5.42. The van der Waals surface area contributed by atoms with Gasteiger partial charge in [0, 0.05) is 6.08 Å². The van der Waals surface area contributed by atoms with Gasteiger partial charge >= 0.3 is 13.3 Å². The SMILES string of the molecule is CC1(C)OB([N+]2(C(=O)O)C=CC=N2)OC1(C)C. The predicted molar refractivity (Wildman–Crippen MR) is 62.0 cm³/mol. The summed E-state index contributed by atoms with van der Waals surface area (Å²) in [6, 6.07) is 0. The first kappa shape index (κ1) is 12.3. The summed E-state index contributed by atoms with van der Waals surface area (Å²) in [5, 5.41) is 13.2. The molecule has 0 bridgehead atoms. The van der Waals surface area contributed by atoms with Gasteiger partial charge in [-0.1, -0.05) is 9.60 Å². The second-order valence-electron chi connectivity index (χ2n) is 5.19. The summed E-state index contributed by atoms with van der Waals surface area (Å²) in [5.74, 6) is 0. The van der Waals surface area contributed by atoms with Crippen molar-refractivity contribution in [3.05, 3.63) is 12.3 Å². The highest BCUT2D eigenvalue weighted by molar-refractivity contribution is 6.39. The minimum absolute atomic E-state index is 0.579. The summed E-state index contributed by atoms with van der Waals surface area (Å²) < 4.78 is 10.7. The van der Waals surface area contributed by atoms with E-state index in [-0.39, 0.29) is 0 Å². The largest absolute Gasteiger partial charge is 0.804 e. The summed E-state index contributed by atoms with van der Waals surface area (Å²) in [5.41, 5.74) is -1.16. The van der Waals surface area contributed by atoms with Crippen LogP contribution in [0.1, 0.15) is 27.7 Å². The number of hydrogen-bond acceptors (Lipinski definition) is 4. The minimum atomic E-state index is -1.13. The van der Waals surface area contributed by atoms with Crippen LogP contribution in [0.15, 0.2) is 17.4 Å². The van der Waals surface area contributed by atoms with Crippen LogP contribution in [0.2, 0.25) is 0 Å². The average Bonchev–Trinajstić information content (AvgIpc) is 2.71. The smallest absolute Gasteiger partial charge is 0.435 e. The van der Waals surface area contributed by atoms with Crippen LogP contribution in [0.5, 0.6) is 0 Å². The van der Waals surface area contributed by atoms with Crippen LogP contribution in [0, 0.1) is 0 Å². The van der Waals surface area contributed by atoms with Crippen LogP contribution in [0.3, 0.4) is 0 Å². The van der Waals surface area contributed by atoms with Crippen LogP contribution in [-0.4, -0.2) is 40.4 Å². The molecule has 0 radical (unpaired) electrons. The van der Waals surface area contributed by atoms with Gasteiger partial charge in [0.05, 0.1) is 17.4 Å². The van der Waals surface area contributed by atoms with Crippen molar-refractivity contribution in [3.63, 3.8) is 0 Å². The zero-order valence-corrected chi connectivity index (χ0v) is 10.4. The lowest BCUT2D eigenvalue weighted by atomic mass is 9.90. The van der Waals surface area contributed by atoms with E-state index in [0.29, 0.717) is 0 Å². The predicted octanol–water partition coefficient (Wildman–Crippen LogP) is 1.58. The Balaban J connectivity index is 2.35. The number of allylic oxidation sites excluding steroid dienone is 1. The molecule has 0 aliphatic carbocycles. The van der Waals surface area contributed by atoms with Gasteiger partial charge in [0.25, 0.3) is 0 Å². The molecule has 1 saturated heterocycles. The summed E-state index contributed by atoms with van der Waals surface area (Å²) in [6.45, 7) is 7.48. The van der Waals surface area contributed by atoms with Gasteiger partial charge < -0.3 is 14.4 Å². The van der Waals surface area contributed by atoms with Gasteiger partial charge in [-0.25, -0.2) is 0 Å². The highest BCUT2D eigenvalue weighted by Crippen LogP contribution is 2.40.